The van der Waals surface area contributed by atoms with Crippen LogP contribution in [0.4, 0.5) is 0 Å². The Morgan fingerprint density at radius 3 is 2.67 bits per heavy atom. The van der Waals surface area contributed by atoms with Crippen LogP contribution in [0.5, 0.6) is 5.75 Å². The summed E-state index contributed by atoms with van der Waals surface area (Å²) >= 11 is 0. The molecule has 21 heavy (non-hydrogen) atoms. The van der Waals surface area contributed by atoms with Gasteiger partial charge in [-0.2, -0.15) is 0 Å². The summed E-state index contributed by atoms with van der Waals surface area (Å²) in [5, 5.41) is 3.03. The molecule has 0 amide bonds. The molecule has 1 unspecified atom stereocenters. The number of hydrogen-bond donors (Lipinski definition) is 2. The van der Waals surface area contributed by atoms with Gasteiger partial charge in [0.2, 0.25) is 10.0 Å². The summed E-state index contributed by atoms with van der Waals surface area (Å²) in [4.78, 5) is 0.202. The summed E-state index contributed by atoms with van der Waals surface area (Å²) in [6, 6.07) is 5.17. The van der Waals surface area contributed by atoms with Crippen LogP contribution < -0.4 is 14.8 Å². The fourth-order valence-corrected chi connectivity index (χ4v) is 3.69. The van der Waals surface area contributed by atoms with Crippen molar-refractivity contribution in [3.63, 3.8) is 0 Å². The number of methoxy groups -OCH3 is 1. The van der Waals surface area contributed by atoms with E-state index in [0.29, 0.717) is 30.7 Å². The van der Waals surface area contributed by atoms with Gasteiger partial charge in [0.1, 0.15) is 10.6 Å². The van der Waals surface area contributed by atoms with Gasteiger partial charge < -0.3 is 10.1 Å². The molecule has 5 nitrogen and oxygen atoms in total. The molecule has 118 valence electrons. The maximum absolute atomic E-state index is 12.4. The molecule has 1 atom stereocenters. The highest BCUT2D eigenvalue weighted by molar-refractivity contribution is 7.89. The lowest BCUT2D eigenvalue weighted by molar-refractivity contribution is 0.401. The van der Waals surface area contributed by atoms with Crippen LogP contribution in [0.25, 0.3) is 0 Å². The largest absolute Gasteiger partial charge is 0.495 e. The van der Waals surface area contributed by atoms with Crippen molar-refractivity contribution in [3.8, 4) is 5.75 Å². The van der Waals surface area contributed by atoms with E-state index in [9.17, 15) is 8.42 Å². The molecule has 1 aliphatic rings. The maximum Gasteiger partial charge on any atom is 0.244 e. The quantitative estimate of drug-likeness (QED) is 0.767. The molecule has 0 saturated heterocycles. The number of rotatable bonds is 8. The fourth-order valence-electron chi connectivity index (χ4n) is 2.40. The van der Waals surface area contributed by atoms with Crippen LogP contribution >= 0.6 is 0 Å². The summed E-state index contributed by atoms with van der Waals surface area (Å²) in [6.45, 7) is 3.24. The van der Waals surface area contributed by atoms with Crippen LogP contribution in [0, 0.1) is 11.8 Å². The molecule has 0 aliphatic heterocycles. The number of hydrogen-bond acceptors (Lipinski definition) is 4. The molecular weight excluding hydrogens is 288 g/mol. The molecule has 1 aromatic carbocycles. The molecule has 2 rings (SSSR count). The van der Waals surface area contributed by atoms with Gasteiger partial charge in [0, 0.05) is 13.1 Å². The van der Waals surface area contributed by atoms with E-state index in [2.05, 4.69) is 17.0 Å². The molecule has 0 radical (unpaired) electrons. The molecule has 6 heteroatoms. The molecule has 0 aromatic heterocycles. The first-order valence-electron chi connectivity index (χ1n) is 7.29. The van der Waals surface area contributed by atoms with Crippen molar-refractivity contribution in [1.29, 1.82) is 0 Å². The molecule has 0 heterocycles. The van der Waals surface area contributed by atoms with Gasteiger partial charge in [0.05, 0.1) is 7.11 Å². The maximum atomic E-state index is 12.4. The first-order valence-corrected chi connectivity index (χ1v) is 8.77. The van der Waals surface area contributed by atoms with Gasteiger partial charge in [-0.15, -0.1) is 0 Å². The predicted octanol–water partition coefficient (Wildman–Crippen LogP) is 1.74. The molecule has 2 N–H and O–H groups in total. The van der Waals surface area contributed by atoms with Gasteiger partial charge >= 0.3 is 0 Å². The number of nitrogens with one attached hydrogen (secondary N) is 2. The SMILES string of the molecule is CNCc1ccc(S(=O)(=O)NCC(C)C2CC2)c(OC)c1. The lowest BCUT2D eigenvalue weighted by Crippen LogP contribution is -2.29. The fraction of sp³-hybridized carbons (Fsp3) is 0.600. The summed E-state index contributed by atoms with van der Waals surface area (Å²) in [7, 11) is -0.195. The normalized spacial score (nSPS) is 16.7. The number of ether oxygens (including phenoxy) is 1. The van der Waals surface area contributed by atoms with E-state index in [1.807, 2.05) is 7.05 Å². The van der Waals surface area contributed by atoms with E-state index < -0.39 is 10.0 Å². The molecule has 1 aliphatic carbocycles. The first kappa shape index (κ1) is 16.3. The second-order valence-electron chi connectivity index (χ2n) is 5.68. The second kappa shape index (κ2) is 6.77. The Hall–Kier alpha value is -1.11. The van der Waals surface area contributed by atoms with Crippen molar-refractivity contribution in [1.82, 2.24) is 10.0 Å². The Morgan fingerprint density at radius 1 is 1.38 bits per heavy atom. The van der Waals surface area contributed by atoms with Crippen molar-refractivity contribution in [2.24, 2.45) is 11.8 Å². The summed E-state index contributed by atoms with van der Waals surface area (Å²) in [6.07, 6.45) is 2.43. The summed E-state index contributed by atoms with van der Waals surface area (Å²) < 4.78 is 32.8. The van der Waals surface area contributed by atoms with Crippen LogP contribution in [0.3, 0.4) is 0 Å². The zero-order valence-corrected chi connectivity index (χ0v) is 13.7. The van der Waals surface area contributed by atoms with Crippen molar-refractivity contribution < 1.29 is 13.2 Å². The smallest absolute Gasteiger partial charge is 0.244 e. The van der Waals surface area contributed by atoms with E-state index >= 15 is 0 Å². The molecular formula is C15H24N2O3S. The van der Waals surface area contributed by atoms with Crippen LogP contribution in [0.15, 0.2) is 23.1 Å². The van der Waals surface area contributed by atoms with Crippen LogP contribution in [0.1, 0.15) is 25.3 Å². The van der Waals surface area contributed by atoms with Crippen LogP contribution in [-0.4, -0.2) is 29.1 Å². The summed E-state index contributed by atoms with van der Waals surface area (Å²) in [5.74, 6) is 1.44. The van der Waals surface area contributed by atoms with Crippen molar-refractivity contribution in [2.75, 3.05) is 20.7 Å². The predicted molar refractivity (Wildman–Crippen MR) is 82.8 cm³/mol. The van der Waals surface area contributed by atoms with Crippen molar-refractivity contribution in [3.05, 3.63) is 23.8 Å². The highest BCUT2D eigenvalue weighted by Gasteiger charge is 2.29. The monoisotopic (exact) mass is 312 g/mol. The Labute approximate surface area is 127 Å². The van der Waals surface area contributed by atoms with Crippen molar-refractivity contribution >= 4 is 10.0 Å². The minimum Gasteiger partial charge on any atom is -0.495 e. The molecule has 0 bridgehead atoms. The van der Waals surface area contributed by atoms with E-state index in [1.54, 1.807) is 18.2 Å². The second-order valence-corrected chi connectivity index (χ2v) is 7.42. The number of benzene rings is 1. The third-order valence-electron chi connectivity index (χ3n) is 3.92. The lowest BCUT2D eigenvalue weighted by Gasteiger charge is -2.14. The summed E-state index contributed by atoms with van der Waals surface area (Å²) in [5.41, 5.74) is 0.986. The van der Waals surface area contributed by atoms with Crippen molar-refractivity contribution in [2.45, 2.75) is 31.2 Å². The van der Waals surface area contributed by atoms with Crippen LogP contribution in [0.2, 0.25) is 0 Å². The van der Waals surface area contributed by atoms with Gasteiger partial charge in [-0.3, -0.25) is 0 Å². The lowest BCUT2D eigenvalue weighted by atomic mass is 10.1. The van der Waals surface area contributed by atoms with E-state index in [1.165, 1.54) is 20.0 Å². The van der Waals surface area contributed by atoms with Gasteiger partial charge in [-0.1, -0.05) is 13.0 Å². The molecule has 1 fully saturated rings. The topological polar surface area (TPSA) is 67.4 Å². The van der Waals surface area contributed by atoms with E-state index in [4.69, 9.17) is 4.74 Å². The Morgan fingerprint density at radius 2 is 2.10 bits per heavy atom. The molecule has 0 spiro atoms. The third kappa shape index (κ3) is 4.18. The third-order valence-corrected chi connectivity index (χ3v) is 5.38. The molecule has 1 saturated carbocycles. The first-order chi connectivity index (χ1) is 9.97. The number of sulfonamides is 1. The van der Waals surface area contributed by atoms with E-state index in [-0.39, 0.29) is 4.90 Å². The average Bonchev–Trinajstić information content (AvgIpc) is 3.29. The average molecular weight is 312 g/mol. The Balaban J connectivity index is 2.13. The highest BCUT2D eigenvalue weighted by Crippen LogP contribution is 2.36. The zero-order valence-electron chi connectivity index (χ0n) is 12.8. The Kier molecular flexibility index (Phi) is 5.24. The van der Waals surface area contributed by atoms with Gasteiger partial charge in [0.15, 0.2) is 0 Å². The van der Waals surface area contributed by atoms with Gasteiger partial charge in [0.25, 0.3) is 0 Å². The minimum absolute atomic E-state index is 0.202. The zero-order chi connectivity index (χ0) is 15.5. The highest BCUT2D eigenvalue weighted by atomic mass is 32.2. The van der Waals surface area contributed by atoms with E-state index in [0.717, 1.165) is 5.56 Å². The molecule has 1 aromatic rings. The van der Waals surface area contributed by atoms with Gasteiger partial charge in [-0.05, 0) is 49.4 Å². The minimum atomic E-state index is -3.53. The standard InChI is InChI=1S/C15H24N2O3S/c1-11(13-5-6-13)9-17-21(18,19)15-7-4-12(10-16-2)8-14(15)20-3/h4,7-8,11,13,16-17H,5-6,9-10H2,1-3H3. The Bertz CT molecular complexity index is 583. The van der Waals surface area contributed by atoms with Crippen LogP contribution in [-0.2, 0) is 16.6 Å². The van der Waals surface area contributed by atoms with Gasteiger partial charge in [-0.25, -0.2) is 13.1 Å².